The van der Waals surface area contributed by atoms with Gasteiger partial charge in [0.15, 0.2) is 11.6 Å². The molecule has 0 fully saturated rings. The van der Waals surface area contributed by atoms with Crippen LogP contribution in [0, 0.1) is 5.82 Å². The number of hydrogen-bond donors (Lipinski definition) is 1. The molecule has 0 spiro atoms. The van der Waals surface area contributed by atoms with Crippen molar-refractivity contribution in [2.75, 3.05) is 13.2 Å². The van der Waals surface area contributed by atoms with Gasteiger partial charge in [0.25, 0.3) is 5.88 Å². The first-order chi connectivity index (χ1) is 6.68. The van der Waals surface area contributed by atoms with Crippen LogP contribution in [0.3, 0.4) is 0 Å². The number of pyridine rings is 1. The number of aromatic nitrogens is 1. The van der Waals surface area contributed by atoms with E-state index < -0.39 is 11.9 Å². The summed E-state index contributed by atoms with van der Waals surface area (Å²) in [7, 11) is 0. The van der Waals surface area contributed by atoms with E-state index in [4.69, 9.17) is 9.47 Å². The zero-order valence-corrected chi connectivity index (χ0v) is 7.66. The van der Waals surface area contributed by atoms with Gasteiger partial charge in [-0.05, 0) is 6.92 Å². The van der Waals surface area contributed by atoms with E-state index in [-0.39, 0.29) is 17.3 Å². The molecule has 1 atom stereocenters. The summed E-state index contributed by atoms with van der Waals surface area (Å²) in [6.45, 7) is 2.23. The molecule has 0 amide bonds. The summed E-state index contributed by atoms with van der Waals surface area (Å²) in [6, 6.07) is 1.18. The fourth-order valence-electron chi connectivity index (χ4n) is 1.26. The molecule has 76 valence electrons. The van der Waals surface area contributed by atoms with Crippen LogP contribution in [0.2, 0.25) is 0 Å². The Labute approximate surface area is 80.3 Å². The largest absolute Gasteiger partial charge is 0.484 e. The highest BCUT2D eigenvalue weighted by Crippen LogP contribution is 2.31. The van der Waals surface area contributed by atoms with Gasteiger partial charge in [-0.25, -0.2) is 9.37 Å². The summed E-state index contributed by atoms with van der Waals surface area (Å²) in [6.07, 6.45) is -0.953. The molecule has 14 heavy (non-hydrogen) atoms. The van der Waals surface area contributed by atoms with E-state index >= 15 is 0 Å². The molecule has 0 bridgehead atoms. The first-order valence-electron chi connectivity index (χ1n) is 4.32. The highest BCUT2D eigenvalue weighted by molar-refractivity contribution is 5.37. The summed E-state index contributed by atoms with van der Waals surface area (Å²) in [5, 5.41) is 9.21. The zero-order valence-electron chi connectivity index (χ0n) is 7.66. The van der Waals surface area contributed by atoms with E-state index in [1.807, 2.05) is 0 Å². The Bertz CT molecular complexity index is 354. The second-order valence-corrected chi connectivity index (χ2v) is 3.03. The van der Waals surface area contributed by atoms with Crippen LogP contribution in [0.1, 0.15) is 18.7 Å². The van der Waals surface area contributed by atoms with Crippen LogP contribution in [0.25, 0.3) is 0 Å². The molecule has 4 nitrogen and oxygen atoms in total. The number of hydrogen-bond acceptors (Lipinski definition) is 4. The molecule has 2 rings (SSSR count). The third-order valence-corrected chi connectivity index (χ3v) is 1.91. The Hall–Kier alpha value is -1.36. The van der Waals surface area contributed by atoms with E-state index in [0.717, 1.165) is 0 Å². The maximum absolute atomic E-state index is 13.3. The SMILES string of the molecule is CC(O)c1nc2c(cc1F)OCCO2. The van der Waals surface area contributed by atoms with E-state index in [2.05, 4.69) is 4.98 Å². The van der Waals surface area contributed by atoms with Crippen LogP contribution in [0.15, 0.2) is 6.07 Å². The van der Waals surface area contributed by atoms with Gasteiger partial charge in [0.05, 0.1) is 6.10 Å². The molecule has 0 aromatic carbocycles. The van der Waals surface area contributed by atoms with Crippen molar-refractivity contribution >= 4 is 0 Å². The average Bonchev–Trinajstić information content (AvgIpc) is 2.16. The Morgan fingerprint density at radius 2 is 2.21 bits per heavy atom. The second-order valence-electron chi connectivity index (χ2n) is 3.03. The standard InChI is InChI=1S/C9H10FNO3/c1-5(12)8-6(10)4-7-9(11-8)14-3-2-13-7/h4-5,12H,2-3H2,1H3. The molecule has 1 aliphatic heterocycles. The minimum atomic E-state index is -0.953. The van der Waals surface area contributed by atoms with Crippen LogP contribution in [-0.2, 0) is 0 Å². The number of aliphatic hydroxyl groups excluding tert-OH is 1. The number of ether oxygens (including phenoxy) is 2. The van der Waals surface area contributed by atoms with Gasteiger partial charge >= 0.3 is 0 Å². The molecule has 0 saturated heterocycles. The summed E-state index contributed by atoms with van der Waals surface area (Å²) in [5.74, 6) is -0.0454. The molecule has 5 heteroatoms. The van der Waals surface area contributed by atoms with Crippen LogP contribution in [-0.4, -0.2) is 23.3 Å². The number of aliphatic hydroxyl groups is 1. The number of fused-ring (bicyclic) bond motifs is 1. The van der Waals surface area contributed by atoms with Crippen molar-refractivity contribution in [2.24, 2.45) is 0 Å². The summed E-state index contributed by atoms with van der Waals surface area (Å²) >= 11 is 0. The summed E-state index contributed by atoms with van der Waals surface area (Å²) in [5.41, 5.74) is -0.0192. The highest BCUT2D eigenvalue weighted by atomic mass is 19.1. The van der Waals surface area contributed by atoms with Crippen molar-refractivity contribution in [3.05, 3.63) is 17.6 Å². The van der Waals surface area contributed by atoms with Gasteiger partial charge in [-0.1, -0.05) is 0 Å². The molecule has 1 N–H and O–H groups in total. The third kappa shape index (κ3) is 1.50. The van der Waals surface area contributed by atoms with Crippen molar-refractivity contribution in [3.63, 3.8) is 0 Å². The normalized spacial score (nSPS) is 16.5. The van der Waals surface area contributed by atoms with Gasteiger partial charge in [-0.3, -0.25) is 0 Å². The fraction of sp³-hybridized carbons (Fsp3) is 0.444. The molecule has 0 saturated carbocycles. The number of halogens is 1. The van der Waals surface area contributed by atoms with Crippen molar-refractivity contribution in [3.8, 4) is 11.6 Å². The van der Waals surface area contributed by atoms with Crippen molar-refractivity contribution in [1.29, 1.82) is 0 Å². The smallest absolute Gasteiger partial charge is 0.257 e. The van der Waals surface area contributed by atoms with Gasteiger partial charge < -0.3 is 14.6 Å². The molecule has 1 aromatic rings. The van der Waals surface area contributed by atoms with E-state index in [1.54, 1.807) is 0 Å². The quantitative estimate of drug-likeness (QED) is 0.734. The lowest BCUT2D eigenvalue weighted by Crippen LogP contribution is -2.17. The molecule has 0 radical (unpaired) electrons. The average molecular weight is 199 g/mol. The molecule has 1 unspecified atom stereocenters. The molecule has 0 aliphatic carbocycles. The molecular formula is C9H10FNO3. The van der Waals surface area contributed by atoms with E-state index in [0.29, 0.717) is 13.2 Å². The topological polar surface area (TPSA) is 51.6 Å². The van der Waals surface area contributed by atoms with Crippen molar-refractivity contribution in [1.82, 2.24) is 4.98 Å². The Balaban J connectivity index is 2.45. The summed E-state index contributed by atoms with van der Waals surface area (Å²) < 4.78 is 23.6. The van der Waals surface area contributed by atoms with Crippen LogP contribution >= 0.6 is 0 Å². The number of rotatable bonds is 1. The molecular weight excluding hydrogens is 189 g/mol. The van der Waals surface area contributed by atoms with Gasteiger partial charge in [-0.2, -0.15) is 0 Å². The predicted molar refractivity (Wildman–Crippen MR) is 45.8 cm³/mol. The van der Waals surface area contributed by atoms with Gasteiger partial charge in [0, 0.05) is 6.07 Å². The van der Waals surface area contributed by atoms with E-state index in [1.165, 1.54) is 13.0 Å². The Kier molecular flexibility index (Phi) is 2.25. The predicted octanol–water partition coefficient (Wildman–Crippen LogP) is 1.05. The van der Waals surface area contributed by atoms with Crippen LogP contribution < -0.4 is 9.47 Å². The van der Waals surface area contributed by atoms with Crippen LogP contribution in [0.5, 0.6) is 11.6 Å². The molecule has 1 aromatic heterocycles. The third-order valence-electron chi connectivity index (χ3n) is 1.91. The Morgan fingerprint density at radius 1 is 1.50 bits per heavy atom. The second kappa shape index (κ2) is 3.42. The highest BCUT2D eigenvalue weighted by Gasteiger charge is 2.19. The monoisotopic (exact) mass is 199 g/mol. The minimum Gasteiger partial charge on any atom is -0.484 e. The zero-order chi connectivity index (χ0) is 10.1. The van der Waals surface area contributed by atoms with Crippen molar-refractivity contribution in [2.45, 2.75) is 13.0 Å². The maximum atomic E-state index is 13.3. The minimum absolute atomic E-state index is 0.0192. The lowest BCUT2D eigenvalue weighted by Gasteiger charge is -2.18. The summed E-state index contributed by atoms with van der Waals surface area (Å²) in [4.78, 5) is 3.84. The lowest BCUT2D eigenvalue weighted by atomic mass is 10.2. The van der Waals surface area contributed by atoms with Crippen molar-refractivity contribution < 1.29 is 19.0 Å². The lowest BCUT2D eigenvalue weighted by molar-refractivity contribution is 0.154. The molecule has 1 aliphatic rings. The molecule has 2 heterocycles. The van der Waals surface area contributed by atoms with Gasteiger partial charge in [0.2, 0.25) is 0 Å². The fourth-order valence-corrected chi connectivity index (χ4v) is 1.26. The Morgan fingerprint density at radius 3 is 2.93 bits per heavy atom. The first-order valence-corrected chi connectivity index (χ1v) is 4.32. The maximum Gasteiger partial charge on any atom is 0.257 e. The number of nitrogens with zero attached hydrogens (tertiary/aromatic N) is 1. The van der Waals surface area contributed by atoms with E-state index in [9.17, 15) is 9.50 Å². The van der Waals surface area contributed by atoms with Gasteiger partial charge in [-0.15, -0.1) is 0 Å². The van der Waals surface area contributed by atoms with Gasteiger partial charge in [0.1, 0.15) is 18.9 Å². The van der Waals surface area contributed by atoms with Crippen LogP contribution in [0.4, 0.5) is 4.39 Å². The first kappa shape index (κ1) is 9.21.